The Labute approximate surface area is 107 Å². The fraction of sp³-hybridized carbons (Fsp3) is 0.667. The standard InChI is InChI=1S/C12H21N3OS/c1-4-15(5-2)12(16)13-8-6-7-11-14-10(3)9-17-11/h9H,4-8H2,1-3H3,(H,13,16). The molecule has 96 valence electrons. The first kappa shape index (κ1) is 14.0. The van der Waals surface area contributed by atoms with Crippen LogP contribution in [0.25, 0.3) is 0 Å². The van der Waals surface area contributed by atoms with Gasteiger partial charge in [0.15, 0.2) is 0 Å². The first-order valence-corrected chi connectivity index (χ1v) is 6.99. The summed E-state index contributed by atoms with van der Waals surface area (Å²) in [7, 11) is 0. The Morgan fingerprint density at radius 1 is 1.47 bits per heavy atom. The normalized spacial score (nSPS) is 10.3. The van der Waals surface area contributed by atoms with Gasteiger partial charge in [-0.2, -0.15) is 0 Å². The molecular weight excluding hydrogens is 234 g/mol. The topological polar surface area (TPSA) is 45.2 Å². The third-order valence-corrected chi connectivity index (χ3v) is 3.59. The van der Waals surface area contributed by atoms with Crippen molar-refractivity contribution in [3.8, 4) is 0 Å². The molecule has 0 bridgehead atoms. The van der Waals surface area contributed by atoms with Crippen LogP contribution in [0.1, 0.15) is 31.0 Å². The van der Waals surface area contributed by atoms with Crippen LogP contribution in [-0.2, 0) is 6.42 Å². The number of urea groups is 1. The zero-order valence-electron chi connectivity index (χ0n) is 10.8. The lowest BCUT2D eigenvalue weighted by molar-refractivity contribution is 0.203. The molecule has 1 N–H and O–H groups in total. The molecule has 5 heteroatoms. The van der Waals surface area contributed by atoms with Gasteiger partial charge in [0.05, 0.1) is 5.01 Å². The zero-order chi connectivity index (χ0) is 12.7. The lowest BCUT2D eigenvalue weighted by Gasteiger charge is -2.18. The minimum absolute atomic E-state index is 0.0327. The second-order valence-electron chi connectivity index (χ2n) is 3.89. The number of carbonyl (C=O) groups excluding carboxylic acids is 1. The molecule has 0 aromatic carbocycles. The number of nitrogens with one attached hydrogen (secondary N) is 1. The maximum absolute atomic E-state index is 11.6. The first-order valence-electron chi connectivity index (χ1n) is 6.11. The zero-order valence-corrected chi connectivity index (χ0v) is 11.6. The number of amides is 2. The Bertz CT molecular complexity index is 347. The molecule has 1 aromatic rings. The van der Waals surface area contributed by atoms with E-state index >= 15 is 0 Å². The third-order valence-electron chi connectivity index (χ3n) is 2.56. The van der Waals surface area contributed by atoms with Gasteiger partial charge in [0.1, 0.15) is 0 Å². The molecule has 0 atom stereocenters. The highest BCUT2D eigenvalue weighted by atomic mass is 32.1. The Morgan fingerprint density at radius 3 is 2.71 bits per heavy atom. The van der Waals surface area contributed by atoms with E-state index in [0.717, 1.165) is 36.6 Å². The quantitative estimate of drug-likeness (QED) is 0.794. The van der Waals surface area contributed by atoms with Crippen molar-refractivity contribution in [2.24, 2.45) is 0 Å². The smallest absolute Gasteiger partial charge is 0.317 e. The van der Waals surface area contributed by atoms with Crippen LogP contribution >= 0.6 is 11.3 Å². The Kier molecular flexibility index (Phi) is 5.97. The SMILES string of the molecule is CCN(CC)C(=O)NCCCc1nc(C)cs1. The minimum atomic E-state index is 0.0327. The molecule has 0 saturated carbocycles. The van der Waals surface area contributed by atoms with Crippen molar-refractivity contribution in [1.29, 1.82) is 0 Å². The van der Waals surface area contributed by atoms with Crippen LogP contribution in [0.2, 0.25) is 0 Å². The van der Waals surface area contributed by atoms with Crippen molar-refractivity contribution >= 4 is 17.4 Å². The molecule has 2 amide bonds. The van der Waals surface area contributed by atoms with Crippen LogP contribution in [0.5, 0.6) is 0 Å². The van der Waals surface area contributed by atoms with Crippen molar-refractivity contribution in [2.75, 3.05) is 19.6 Å². The van der Waals surface area contributed by atoms with Gasteiger partial charge in [-0.25, -0.2) is 9.78 Å². The molecule has 1 heterocycles. The molecule has 0 aliphatic rings. The van der Waals surface area contributed by atoms with Gasteiger partial charge in [-0.3, -0.25) is 0 Å². The summed E-state index contributed by atoms with van der Waals surface area (Å²) >= 11 is 1.69. The molecule has 0 aliphatic carbocycles. The Hall–Kier alpha value is -1.10. The number of rotatable bonds is 6. The van der Waals surface area contributed by atoms with E-state index in [1.165, 1.54) is 0 Å². The largest absolute Gasteiger partial charge is 0.338 e. The van der Waals surface area contributed by atoms with Gasteiger partial charge < -0.3 is 10.2 Å². The van der Waals surface area contributed by atoms with Crippen molar-refractivity contribution in [3.63, 3.8) is 0 Å². The van der Waals surface area contributed by atoms with Gasteiger partial charge in [-0.05, 0) is 27.2 Å². The average Bonchev–Trinajstić information content (AvgIpc) is 2.72. The van der Waals surface area contributed by atoms with Crippen LogP contribution in [0, 0.1) is 6.92 Å². The predicted molar refractivity (Wildman–Crippen MR) is 71.5 cm³/mol. The number of nitrogens with zero attached hydrogens (tertiary/aromatic N) is 2. The molecule has 0 unspecified atom stereocenters. The highest BCUT2D eigenvalue weighted by Crippen LogP contribution is 2.10. The number of hydrogen-bond acceptors (Lipinski definition) is 3. The highest BCUT2D eigenvalue weighted by Gasteiger charge is 2.07. The fourth-order valence-corrected chi connectivity index (χ4v) is 2.39. The van der Waals surface area contributed by atoms with E-state index in [1.54, 1.807) is 16.2 Å². The summed E-state index contributed by atoms with van der Waals surface area (Å²) in [6, 6.07) is 0.0327. The molecule has 0 saturated heterocycles. The van der Waals surface area contributed by atoms with Gasteiger partial charge in [0.2, 0.25) is 0 Å². The van der Waals surface area contributed by atoms with Crippen molar-refractivity contribution in [3.05, 3.63) is 16.1 Å². The van der Waals surface area contributed by atoms with Crippen LogP contribution in [0.15, 0.2) is 5.38 Å². The first-order chi connectivity index (χ1) is 8.17. The monoisotopic (exact) mass is 255 g/mol. The van der Waals surface area contributed by atoms with Crippen molar-refractivity contribution < 1.29 is 4.79 Å². The molecule has 1 rings (SSSR count). The van der Waals surface area contributed by atoms with E-state index in [2.05, 4.69) is 15.7 Å². The van der Waals surface area contributed by atoms with E-state index < -0.39 is 0 Å². The molecular formula is C12H21N3OS. The van der Waals surface area contributed by atoms with E-state index in [-0.39, 0.29) is 6.03 Å². The average molecular weight is 255 g/mol. The van der Waals surface area contributed by atoms with Gasteiger partial charge in [0.25, 0.3) is 0 Å². The summed E-state index contributed by atoms with van der Waals surface area (Å²) in [6.45, 7) is 8.21. The molecule has 1 aromatic heterocycles. The van der Waals surface area contributed by atoms with E-state index in [4.69, 9.17) is 0 Å². The van der Waals surface area contributed by atoms with Gasteiger partial charge in [-0.1, -0.05) is 0 Å². The fourth-order valence-electron chi connectivity index (χ4n) is 1.58. The molecule has 0 spiro atoms. The molecule has 0 aliphatic heterocycles. The van der Waals surface area contributed by atoms with Gasteiger partial charge in [0, 0.05) is 37.1 Å². The lowest BCUT2D eigenvalue weighted by Crippen LogP contribution is -2.40. The summed E-state index contributed by atoms with van der Waals surface area (Å²) < 4.78 is 0. The van der Waals surface area contributed by atoms with Crippen LogP contribution in [-0.4, -0.2) is 35.5 Å². The van der Waals surface area contributed by atoms with Crippen LogP contribution in [0.3, 0.4) is 0 Å². The molecule has 17 heavy (non-hydrogen) atoms. The summed E-state index contributed by atoms with van der Waals surface area (Å²) in [6.07, 6.45) is 1.89. The highest BCUT2D eigenvalue weighted by molar-refractivity contribution is 7.09. The summed E-state index contributed by atoms with van der Waals surface area (Å²) in [5.74, 6) is 0. The molecule has 4 nitrogen and oxygen atoms in total. The summed E-state index contributed by atoms with van der Waals surface area (Å²) in [5, 5.41) is 6.14. The van der Waals surface area contributed by atoms with Crippen LogP contribution < -0.4 is 5.32 Å². The number of aromatic nitrogens is 1. The third kappa shape index (κ3) is 4.73. The van der Waals surface area contributed by atoms with Crippen LogP contribution in [0.4, 0.5) is 4.79 Å². The second kappa shape index (κ2) is 7.27. The molecule has 0 radical (unpaired) electrons. The molecule has 0 fully saturated rings. The second-order valence-corrected chi connectivity index (χ2v) is 4.83. The minimum Gasteiger partial charge on any atom is -0.338 e. The van der Waals surface area contributed by atoms with E-state index in [9.17, 15) is 4.79 Å². The summed E-state index contributed by atoms with van der Waals surface area (Å²) in [4.78, 5) is 17.8. The van der Waals surface area contributed by atoms with Crippen molar-refractivity contribution in [2.45, 2.75) is 33.6 Å². The number of hydrogen-bond donors (Lipinski definition) is 1. The Morgan fingerprint density at radius 2 is 2.18 bits per heavy atom. The maximum Gasteiger partial charge on any atom is 0.317 e. The maximum atomic E-state index is 11.6. The number of aryl methyl sites for hydroxylation is 2. The number of thiazole rings is 1. The van der Waals surface area contributed by atoms with Gasteiger partial charge >= 0.3 is 6.03 Å². The summed E-state index contributed by atoms with van der Waals surface area (Å²) in [5.41, 5.74) is 1.08. The van der Waals surface area contributed by atoms with E-state index in [1.807, 2.05) is 20.8 Å². The van der Waals surface area contributed by atoms with Gasteiger partial charge in [-0.15, -0.1) is 11.3 Å². The van der Waals surface area contributed by atoms with E-state index in [0.29, 0.717) is 6.54 Å². The lowest BCUT2D eigenvalue weighted by atomic mass is 10.3. The number of carbonyl (C=O) groups is 1. The Balaban J connectivity index is 2.17. The predicted octanol–water partition coefficient (Wildman–Crippen LogP) is 2.44. The van der Waals surface area contributed by atoms with Crippen molar-refractivity contribution in [1.82, 2.24) is 15.2 Å².